The van der Waals surface area contributed by atoms with Gasteiger partial charge < -0.3 is 15.1 Å². The lowest BCUT2D eigenvalue weighted by Crippen LogP contribution is -2.34. The highest BCUT2D eigenvalue weighted by molar-refractivity contribution is 5.94. The topological polar surface area (TPSA) is 77.8 Å². The molecule has 0 saturated carbocycles. The minimum Gasteiger partial charge on any atom is -0.481 e. The molecule has 0 unspecified atom stereocenters. The van der Waals surface area contributed by atoms with Gasteiger partial charge >= 0.3 is 5.97 Å². The van der Waals surface area contributed by atoms with Crippen LogP contribution in [0.1, 0.15) is 23.2 Å². The van der Waals surface area contributed by atoms with Gasteiger partial charge in [0.1, 0.15) is 5.82 Å². The summed E-state index contributed by atoms with van der Waals surface area (Å²) >= 11 is 0. The van der Waals surface area contributed by atoms with Gasteiger partial charge in [0.15, 0.2) is 0 Å². The second kappa shape index (κ2) is 7.48. The van der Waals surface area contributed by atoms with Gasteiger partial charge in [0.05, 0.1) is 6.42 Å². The van der Waals surface area contributed by atoms with Gasteiger partial charge in [-0.25, -0.2) is 4.39 Å². The number of amides is 1. The highest BCUT2D eigenvalue weighted by Gasteiger charge is 2.16. The summed E-state index contributed by atoms with van der Waals surface area (Å²) in [6.07, 6.45) is 0.160. The standard InChI is InChI=1S/C13H16FNO4/c14-11-4-1-3-10(9-11)13(19)15(6-2-8-16)7-5-12(17)18/h1,3-4,9,16H,2,5-8H2,(H,17,18). The lowest BCUT2D eigenvalue weighted by molar-refractivity contribution is -0.137. The Morgan fingerprint density at radius 1 is 1.26 bits per heavy atom. The zero-order valence-electron chi connectivity index (χ0n) is 10.4. The van der Waals surface area contributed by atoms with E-state index in [1.165, 1.54) is 23.1 Å². The molecule has 0 aliphatic carbocycles. The van der Waals surface area contributed by atoms with E-state index in [9.17, 15) is 14.0 Å². The smallest absolute Gasteiger partial charge is 0.305 e. The number of rotatable bonds is 7. The zero-order valence-corrected chi connectivity index (χ0v) is 10.4. The number of carboxylic acids is 1. The number of nitrogens with zero attached hydrogens (tertiary/aromatic N) is 1. The quantitative estimate of drug-likeness (QED) is 0.777. The number of hydrogen-bond donors (Lipinski definition) is 2. The van der Waals surface area contributed by atoms with Crippen LogP contribution in [0.25, 0.3) is 0 Å². The molecule has 0 saturated heterocycles. The number of aliphatic hydroxyl groups excluding tert-OH is 1. The van der Waals surface area contributed by atoms with E-state index in [1.54, 1.807) is 0 Å². The fourth-order valence-corrected chi connectivity index (χ4v) is 1.61. The first-order chi connectivity index (χ1) is 9.04. The van der Waals surface area contributed by atoms with E-state index in [1.807, 2.05) is 0 Å². The molecule has 1 aromatic rings. The average molecular weight is 269 g/mol. The van der Waals surface area contributed by atoms with E-state index >= 15 is 0 Å². The van der Waals surface area contributed by atoms with Crippen LogP contribution in [0.2, 0.25) is 0 Å². The Balaban J connectivity index is 2.77. The van der Waals surface area contributed by atoms with Crippen molar-refractivity contribution in [3.8, 4) is 0 Å². The number of benzene rings is 1. The average Bonchev–Trinajstić information content (AvgIpc) is 2.38. The third-order valence-electron chi connectivity index (χ3n) is 2.54. The Hall–Kier alpha value is -1.95. The van der Waals surface area contributed by atoms with E-state index in [4.69, 9.17) is 10.2 Å². The minimum atomic E-state index is -1.01. The third kappa shape index (κ3) is 5.05. The highest BCUT2D eigenvalue weighted by atomic mass is 19.1. The predicted octanol–water partition coefficient (Wildman–Crippen LogP) is 1.12. The van der Waals surface area contributed by atoms with Crippen molar-refractivity contribution in [3.05, 3.63) is 35.6 Å². The van der Waals surface area contributed by atoms with Crippen LogP contribution in [0.5, 0.6) is 0 Å². The van der Waals surface area contributed by atoms with Crippen LogP contribution in [-0.2, 0) is 4.79 Å². The van der Waals surface area contributed by atoms with E-state index in [-0.39, 0.29) is 31.7 Å². The summed E-state index contributed by atoms with van der Waals surface area (Å²) in [6, 6.07) is 5.23. The molecule has 1 aromatic carbocycles. The summed E-state index contributed by atoms with van der Waals surface area (Å²) in [6.45, 7) is 0.170. The SMILES string of the molecule is O=C(O)CCN(CCCO)C(=O)c1cccc(F)c1. The molecule has 104 valence electrons. The maximum atomic E-state index is 13.1. The first-order valence-corrected chi connectivity index (χ1v) is 5.92. The number of carbonyl (C=O) groups excluding carboxylic acids is 1. The number of aliphatic carboxylic acids is 1. The van der Waals surface area contributed by atoms with Crippen LogP contribution >= 0.6 is 0 Å². The molecule has 0 radical (unpaired) electrons. The van der Waals surface area contributed by atoms with Crippen molar-refractivity contribution < 1.29 is 24.2 Å². The van der Waals surface area contributed by atoms with Gasteiger partial charge in [0.2, 0.25) is 0 Å². The van der Waals surface area contributed by atoms with Crippen LogP contribution in [-0.4, -0.2) is 46.7 Å². The van der Waals surface area contributed by atoms with Crippen molar-refractivity contribution in [1.29, 1.82) is 0 Å². The second-order valence-electron chi connectivity index (χ2n) is 4.02. The molecule has 0 atom stereocenters. The van der Waals surface area contributed by atoms with Gasteiger partial charge in [-0.2, -0.15) is 0 Å². The summed E-state index contributed by atoms with van der Waals surface area (Å²) in [5.74, 6) is -1.97. The Labute approximate surface area is 110 Å². The van der Waals surface area contributed by atoms with Gasteiger partial charge in [-0.1, -0.05) is 6.07 Å². The molecule has 0 aromatic heterocycles. The van der Waals surface area contributed by atoms with Crippen LogP contribution in [0.15, 0.2) is 24.3 Å². The summed E-state index contributed by atoms with van der Waals surface area (Å²) in [7, 11) is 0. The van der Waals surface area contributed by atoms with Crippen molar-refractivity contribution in [2.24, 2.45) is 0 Å². The first-order valence-electron chi connectivity index (χ1n) is 5.92. The monoisotopic (exact) mass is 269 g/mol. The summed E-state index contributed by atoms with van der Waals surface area (Å²) in [4.78, 5) is 23.9. The Morgan fingerprint density at radius 2 is 2.00 bits per heavy atom. The maximum Gasteiger partial charge on any atom is 0.305 e. The summed E-state index contributed by atoms with van der Waals surface area (Å²) < 4.78 is 13.1. The molecule has 0 bridgehead atoms. The molecular weight excluding hydrogens is 253 g/mol. The Bertz CT molecular complexity index is 450. The van der Waals surface area contributed by atoms with Crippen LogP contribution in [0.3, 0.4) is 0 Å². The fourth-order valence-electron chi connectivity index (χ4n) is 1.61. The second-order valence-corrected chi connectivity index (χ2v) is 4.02. The predicted molar refractivity (Wildman–Crippen MR) is 66.3 cm³/mol. The van der Waals surface area contributed by atoms with E-state index in [2.05, 4.69) is 0 Å². The molecule has 0 spiro atoms. The molecule has 2 N–H and O–H groups in total. The van der Waals surface area contributed by atoms with Crippen LogP contribution in [0, 0.1) is 5.82 Å². The van der Waals surface area contributed by atoms with Crippen molar-refractivity contribution in [3.63, 3.8) is 0 Å². The number of halogens is 1. The highest BCUT2D eigenvalue weighted by Crippen LogP contribution is 2.08. The van der Waals surface area contributed by atoms with Gasteiger partial charge in [-0.05, 0) is 24.6 Å². The molecular formula is C13H16FNO4. The molecule has 5 nitrogen and oxygen atoms in total. The Morgan fingerprint density at radius 3 is 2.58 bits per heavy atom. The van der Waals surface area contributed by atoms with Gasteiger partial charge in [-0.15, -0.1) is 0 Å². The summed E-state index contributed by atoms with van der Waals surface area (Å²) in [5.41, 5.74) is 0.170. The molecule has 6 heteroatoms. The Kier molecular flexibility index (Phi) is 5.95. The minimum absolute atomic E-state index is 0.0324. The molecule has 0 aliphatic heterocycles. The third-order valence-corrected chi connectivity index (χ3v) is 2.54. The first kappa shape index (κ1) is 15.1. The van der Waals surface area contributed by atoms with Gasteiger partial charge in [0.25, 0.3) is 5.91 Å². The number of carboxylic acid groups (broad SMARTS) is 1. The molecule has 0 fully saturated rings. The largest absolute Gasteiger partial charge is 0.481 e. The van der Waals surface area contributed by atoms with E-state index in [0.717, 1.165) is 6.07 Å². The van der Waals surface area contributed by atoms with Crippen molar-refractivity contribution in [1.82, 2.24) is 4.90 Å². The van der Waals surface area contributed by atoms with Gasteiger partial charge in [-0.3, -0.25) is 9.59 Å². The number of aliphatic hydroxyl groups is 1. The molecule has 0 aliphatic rings. The number of carbonyl (C=O) groups is 2. The molecule has 0 heterocycles. The van der Waals surface area contributed by atoms with Gasteiger partial charge in [0, 0.05) is 25.3 Å². The van der Waals surface area contributed by atoms with Crippen molar-refractivity contribution in [2.75, 3.05) is 19.7 Å². The van der Waals surface area contributed by atoms with Crippen LogP contribution < -0.4 is 0 Å². The van der Waals surface area contributed by atoms with Crippen LogP contribution in [0.4, 0.5) is 4.39 Å². The zero-order chi connectivity index (χ0) is 14.3. The maximum absolute atomic E-state index is 13.1. The molecule has 19 heavy (non-hydrogen) atoms. The molecule has 1 amide bonds. The van der Waals surface area contributed by atoms with E-state index in [0.29, 0.717) is 6.42 Å². The molecule has 1 rings (SSSR count). The normalized spacial score (nSPS) is 10.2. The van der Waals surface area contributed by atoms with Crippen molar-refractivity contribution in [2.45, 2.75) is 12.8 Å². The summed E-state index contributed by atoms with van der Waals surface area (Å²) in [5, 5.41) is 17.4. The lowest BCUT2D eigenvalue weighted by atomic mass is 10.2. The van der Waals surface area contributed by atoms with Crippen molar-refractivity contribution >= 4 is 11.9 Å². The lowest BCUT2D eigenvalue weighted by Gasteiger charge is -2.21. The van der Waals surface area contributed by atoms with E-state index < -0.39 is 17.7 Å². The fraction of sp³-hybridized carbons (Fsp3) is 0.385. The number of hydrogen-bond acceptors (Lipinski definition) is 3.